The fourth-order valence-corrected chi connectivity index (χ4v) is 2.19. The van der Waals surface area contributed by atoms with Crippen molar-refractivity contribution in [1.29, 1.82) is 0 Å². The van der Waals surface area contributed by atoms with E-state index >= 15 is 0 Å². The van der Waals surface area contributed by atoms with E-state index in [0.29, 0.717) is 5.56 Å². The summed E-state index contributed by atoms with van der Waals surface area (Å²) in [5.41, 5.74) is 1.19. The summed E-state index contributed by atoms with van der Waals surface area (Å²) in [7, 11) is 0. The molecule has 0 aromatic heterocycles. The first-order valence-electron chi connectivity index (χ1n) is 5.22. The number of phenolic OH excluding ortho intramolecular Hbond substituents is 1. The van der Waals surface area contributed by atoms with Gasteiger partial charge in [-0.2, -0.15) is 0 Å². The Bertz CT molecular complexity index is 575. The predicted octanol–water partition coefficient (Wildman–Crippen LogP) is 3.89. The normalized spacial score (nSPS) is 10.4. The molecule has 5 heteroatoms. The van der Waals surface area contributed by atoms with Gasteiger partial charge in [-0.3, -0.25) is 0 Å². The minimum atomic E-state index is -0.404. The average Bonchev–Trinajstić information content (AvgIpc) is 2.32. The summed E-state index contributed by atoms with van der Waals surface area (Å²) < 4.78 is 26.6. The van der Waals surface area contributed by atoms with Crippen LogP contribution in [0.15, 0.2) is 36.4 Å². The third kappa shape index (κ3) is 3.10. The van der Waals surface area contributed by atoms with Crippen LogP contribution < -0.4 is 5.32 Å². The molecule has 0 saturated heterocycles. The number of phenols is 1. The molecule has 0 spiro atoms. The zero-order valence-electron chi connectivity index (χ0n) is 9.25. The first kappa shape index (κ1) is 13.1. The molecule has 18 heavy (non-hydrogen) atoms. The van der Waals surface area contributed by atoms with Crippen LogP contribution >= 0.6 is 22.6 Å². The maximum atomic E-state index is 13.0. The lowest BCUT2D eigenvalue weighted by Gasteiger charge is -2.10. The molecule has 2 nitrogen and oxygen atoms in total. The number of nitrogens with one attached hydrogen (secondary N) is 1. The smallest absolute Gasteiger partial charge is 0.124 e. The molecule has 2 aromatic rings. The van der Waals surface area contributed by atoms with Crippen LogP contribution in [-0.4, -0.2) is 5.11 Å². The van der Waals surface area contributed by atoms with Crippen molar-refractivity contribution < 1.29 is 13.9 Å². The molecule has 0 saturated carbocycles. The zero-order chi connectivity index (χ0) is 13.1. The minimum Gasteiger partial charge on any atom is -0.508 e. The Morgan fingerprint density at radius 3 is 2.44 bits per heavy atom. The third-order valence-corrected chi connectivity index (χ3v) is 3.33. The molecule has 0 radical (unpaired) electrons. The standard InChI is InChI=1S/C13H10F2INO/c14-9-2-4-13(18)8(5-9)7-17-12-3-1-10(15)6-11(12)16/h1-6,17-18H,7H2. The highest BCUT2D eigenvalue weighted by Crippen LogP contribution is 2.22. The highest BCUT2D eigenvalue weighted by Gasteiger charge is 2.05. The van der Waals surface area contributed by atoms with Crippen LogP contribution in [0.25, 0.3) is 0 Å². The molecule has 0 heterocycles. The Morgan fingerprint density at radius 1 is 1.06 bits per heavy atom. The maximum absolute atomic E-state index is 13.0. The first-order valence-corrected chi connectivity index (χ1v) is 6.30. The van der Waals surface area contributed by atoms with Gasteiger partial charge in [-0.05, 0) is 59.0 Å². The summed E-state index contributed by atoms with van der Waals surface area (Å²) in [5, 5.41) is 12.6. The van der Waals surface area contributed by atoms with E-state index in [1.165, 1.54) is 30.3 Å². The molecular weight excluding hydrogens is 351 g/mol. The number of rotatable bonds is 3. The fourth-order valence-electron chi connectivity index (χ4n) is 1.52. The van der Waals surface area contributed by atoms with Gasteiger partial charge in [0.05, 0.1) is 0 Å². The van der Waals surface area contributed by atoms with Crippen LogP contribution in [0.4, 0.5) is 14.5 Å². The van der Waals surface area contributed by atoms with E-state index in [9.17, 15) is 13.9 Å². The van der Waals surface area contributed by atoms with E-state index in [2.05, 4.69) is 5.32 Å². The fraction of sp³-hybridized carbons (Fsp3) is 0.0769. The van der Waals surface area contributed by atoms with Crippen LogP contribution in [0.5, 0.6) is 5.75 Å². The predicted molar refractivity (Wildman–Crippen MR) is 74.5 cm³/mol. The molecule has 0 atom stereocenters. The van der Waals surface area contributed by atoms with Crippen molar-refractivity contribution in [1.82, 2.24) is 0 Å². The van der Waals surface area contributed by atoms with Gasteiger partial charge in [0.15, 0.2) is 0 Å². The number of halogens is 3. The first-order chi connectivity index (χ1) is 8.56. The van der Waals surface area contributed by atoms with Crippen LogP contribution in [0.2, 0.25) is 0 Å². The molecule has 0 aliphatic rings. The second-order valence-electron chi connectivity index (χ2n) is 3.75. The van der Waals surface area contributed by atoms with Crippen molar-refractivity contribution in [3.8, 4) is 5.75 Å². The van der Waals surface area contributed by atoms with Crippen molar-refractivity contribution in [3.05, 3.63) is 57.2 Å². The van der Waals surface area contributed by atoms with Crippen LogP contribution in [-0.2, 0) is 6.54 Å². The maximum Gasteiger partial charge on any atom is 0.124 e. The summed E-state index contributed by atoms with van der Waals surface area (Å²) in [6.45, 7) is 0.269. The van der Waals surface area contributed by atoms with Gasteiger partial charge >= 0.3 is 0 Å². The van der Waals surface area contributed by atoms with Gasteiger partial charge in [0, 0.05) is 21.4 Å². The third-order valence-electron chi connectivity index (χ3n) is 2.44. The van der Waals surface area contributed by atoms with Gasteiger partial charge in [0.2, 0.25) is 0 Å². The average molecular weight is 361 g/mol. The lowest BCUT2D eigenvalue weighted by Crippen LogP contribution is -2.02. The van der Waals surface area contributed by atoms with Gasteiger partial charge in [-0.25, -0.2) is 8.78 Å². The molecule has 2 N–H and O–H groups in total. The molecule has 94 valence electrons. The van der Waals surface area contributed by atoms with Crippen molar-refractivity contribution in [2.24, 2.45) is 0 Å². The summed E-state index contributed by atoms with van der Waals surface area (Å²) in [6, 6.07) is 8.11. The zero-order valence-corrected chi connectivity index (χ0v) is 11.4. The van der Waals surface area contributed by atoms with Crippen molar-refractivity contribution >= 4 is 28.3 Å². The second kappa shape index (κ2) is 5.51. The molecule has 0 amide bonds. The molecule has 0 aliphatic heterocycles. The molecule has 2 rings (SSSR count). The van der Waals surface area contributed by atoms with Crippen molar-refractivity contribution in [3.63, 3.8) is 0 Å². The van der Waals surface area contributed by atoms with Gasteiger partial charge in [-0.15, -0.1) is 0 Å². The highest BCUT2D eigenvalue weighted by molar-refractivity contribution is 14.1. The monoisotopic (exact) mass is 361 g/mol. The molecule has 0 fully saturated rings. The van der Waals surface area contributed by atoms with Crippen LogP contribution in [0.1, 0.15) is 5.56 Å². The Labute approximate surface area is 117 Å². The summed E-state index contributed by atoms with van der Waals surface area (Å²) >= 11 is 2.01. The van der Waals surface area contributed by atoms with E-state index in [1.54, 1.807) is 6.07 Å². The number of hydrogen-bond acceptors (Lipinski definition) is 2. The van der Waals surface area contributed by atoms with Gasteiger partial charge in [0.1, 0.15) is 17.4 Å². The second-order valence-corrected chi connectivity index (χ2v) is 4.91. The largest absolute Gasteiger partial charge is 0.508 e. The molecular formula is C13H10F2INO. The van der Waals surface area contributed by atoms with Crippen LogP contribution in [0.3, 0.4) is 0 Å². The van der Waals surface area contributed by atoms with Crippen molar-refractivity contribution in [2.75, 3.05) is 5.32 Å². The SMILES string of the molecule is Oc1ccc(F)cc1CNc1ccc(F)cc1I. The van der Waals surface area contributed by atoms with E-state index in [1.807, 2.05) is 22.6 Å². The quantitative estimate of drug-likeness (QED) is 0.814. The molecule has 2 aromatic carbocycles. The molecule has 0 aliphatic carbocycles. The van der Waals surface area contributed by atoms with Gasteiger partial charge in [-0.1, -0.05) is 0 Å². The summed E-state index contributed by atoms with van der Waals surface area (Å²) in [5.74, 6) is -0.682. The summed E-state index contributed by atoms with van der Waals surface area (Å²) in [4.78, 5) is 0. The van der Waals surface area contributed by atoms with Gasteiger partial charge < -0.3 is 10.4 Å². The van der Waals surface area contributed by atoms with Gasteiger partial charge in [0.25, 0.3) is 0 Å². The lowest BCUT2D eigenvalue weighted by atomic mass is 10.2. The highest BCUT2D eigenvalue weighted by atomic mass is 127. The van der Waals surface area contributed by atoms with E-state index in [0.717, 1.165) is 9.26 Å². The number of hydrogen-bond donors (Lipinski definition) is 2. The van der Waals surface area contributed by atoms with Crippen LogP contribution in [0, 0.1) is 15.2 Å². The topological polar surface area (TPSA) is 32.3 Å². The Balaban J connectivity index is 2.13. The Morgan fingerprint density at radius 2 is 1.72 bits per heavy atom. The minimum absolute atomic E-state index is 0.0287. The van der Waals surface area contributed by atoms with Crippen molar-refractivity contribution in [2.45, 2.75) is 6.54 Å². The Kier molecular flexibility index (Phi) is 4.00. The number of benzene rings is 2. The lowest BCUT2D eigenvalue weighted by molar-refractivity contribution is 0.466. The number of aromatic hydroxyl groups is 1. The number of anilines is 1. The van der Waals surface area contributed by atoms with E-state index in [4.69, 9.17) is 0 Å². The molecule has 0 bridgehead atoms. The van der Waals surface area contributed by atoms with E-state index < -0.39 is 5.82 Å². The summed E-state index contributed by atoms with van der Waals surface area (Å²) in [6.07, 6.45) is 0. The van der Waals surface area contributed by atoms with E-state index in [-0.39, 0.29) is 18.1 Å². The Hall–Kier alpha value is -1.37. The molecule has 0 unspecified atom stereocenters.